The normalized spacial score (nSPS) is 18.3. The SMILES string of the molecule is NC(N)=C(/C=C(\N)c1cccc(F)c1O)c1cc(N2CCN(C3CCCCC3)CC2)ccn1. The van der Waals surface area contributed by atoms with Crippen LogP contribution in [0.1, 0.15) is 43.4 Å². The van der Waals surface area contributed by atoms with Crippen molar-refractivity contribution in [1.82, 2.24) is 9.88 Å². The van der Waals surface area contributed by atoms with Crippen LogP contribution >= 0.6 is 0 Å². The summed E-state index contributed by atoms with van der Waals surface area (Å²) < 4.78 is 13.7. The molecule has 0 radical (unpaired) electrons. The number of anilines is 1. The summed E-state index contributed by atoms with van der Waals surface area (Å²) in [7, 11) is 0. The predicted octanol–water partition coefficient (Wildman–Crippen LogP) is 2.97. The van der Waals surface area contributed by atoms with E-state index in [1.807, 2.05) is 12.1 Å². The second-order valence-corrected chi connectivity index (χ2v) is 8.82. The minimum atomic E-state index is -0.748. The van der Waals surface area contributed by atoms with Crippen molar-refractivity contribution in [2.24, 2.45) is 17.2 Å². The molecule has 2 heterocycles. The standard InChI is InChI=1S/C25H33FN6O/c26-21-8-4-7-19(24(21)33)22(27)16-20(25(28)29)23-15-18(9-10-30-23)32-13-11-31(12-14-32)17-5-2-1-3-6-17/h4,7-10,15-17,33H,1-3,5-6,11-14,27-29H2/b22-16-. The van der Waals surface area contributed by atoms with Crippen molar-refractivity contribution in [2.75, 3.05) is 31.1 Å². The molecular formula is C25H33FN6O. The number of phenolic OH excluding ortho intramolecular Hbond substituents is 1. The quantitative estimate of drug-likeness (QED) is 0.515. The van der Waals surface area contributed by atoms with Crippen molar-refractivity contribution >= 4 is 17.0 Å². The summed E-state index contributed by atoms with van der Waals surface area (Å²) in [6.07, 6.45) is 9.95. The van der Waals surface area contributed by atoms with E-state index >= 15 is 0 Å². The Morgan fingerprint density at radius 2 is 1.76 bits per heavy atom. The molecule has 2 fully saturated rings. The van der Waals surface area contributed by atoms with Crippen molar-refractivity contribution in [2.45, 2.75) is 38.1 Å². The zero-order valence-electron chi connectivity index (χ0n) is 18.9. The number of phenols is 1. The number of aromatic hydroxyl groups is 1. The zero-order valence-corrected chi connectivity index (χ0v) is 18.9. The van der Waals surface area contributed by atoms with E-state index < -0.39 is 11.6 Å². The minimum absolute atomic E-state index is 0.0422. The molecule has 0 atom stereocenters. The van der Waals surface area contributed by atoms with Crippen LogP contribution in [0.15, 0.2) is 48.4 Å². The van der Waals surface area contributed by atoms with Crippen LogP contribution in [-0.4, -0.2) is 47.2 Å². The highest BCUT2D eigenvalue weighted by atomic mass is 19.1. The molecule has 33 heavy (non-hydrogen) atoms. The van der Waals surface area contributed by atoms with Gasteiger partial charge in [-0.2, -0.15) is 0 Å². The molecule has 1 aromatic heterocycles. The summed E-state index contributed by atoms with van der Waals surface area (Å²) in [6.45, 7) is 4.00. The summed E-state index contributed by atoms with van der Waals surface area (Å²) in [4.78, 5) is 9.42. The molecule has 1 aliphatic carbocycles. The van der Waals surface area contributed by atoms with E-state index in [1.165, 1.54) is 56.4 Å². The van der Waals surface area contributed by atoms with Gasteiger partial charge in [0.15, 0.2) is 11.6 Å². The van der Waals surface area contributed by atoms with Crippen molar-refractivity contribution in [3.63, 3.8) is 0 Å². The van der Waals surface area contributed by atoms with Gasteiger partial charge in [0, 0.05) is 60.9 Å². The molecule has 0 unspecified atom stereocenters. The Morgan fingerprint density at radius 1 is 1.03 bits per heavy atom. The van der Waals surface area contributed by atoms with E-state index in [0.29, 0.717) is 11.3 Å². The summed E-state index contributed by atoms with van der Waals surface area (Å²) >= 11 is 0. The van der Waals surface area contributed by atoms with Gasteiger partial charge >= 0.3 is 0 Å². The number of para-hydroxylation sites is 1. The number of allylic oxidation sites excluding steroid dienone is 2. The van der Waals surface area contributed by atoms with E-state index in [-0.39, 0.29) is 17.1 Å². The zero-order chi connectivity index (χ0) is 23.4. The minimum Gasteiger partial charge on any atom is -0.504 e. The Kier molecular flexibility index (Phi) is 7.03. The molecule has 0 bridgehead atoms. The van der Waals surface area contributed by atoms with E-state index in [0.717, 1.165) is 37.9 Å². The molecule has 0 spiro atoms. The molecule has 7 N–H and O–H groups in total. The van der Waals surface area contributed by atoms with E-state index in [2.05, 4.69) is 14.8 Å². The molecule has 4 rings (SSSR count). The maximum atomic E-state index is 13.7. The van der Waals surface area contributed by atoms with Crippen molar-refractivity contribution in [3.05, 3.63) is 65.5 Å². The Labute approximate surface area is 194 Å². The average molecular weight is 453 g/mol. The Hall–Kier alpha value is -3.26. The van der Waals surface area contributed by atoms with E-state index in [1.54, 1.807) is 6.20 Å². The van der Waals surface area contributed by atoms with Gasteiger partial charge in [-0.15, -0.1) is 0 Å². The number of benzene rings is 1. The average Bonchev–Trinajstić information content (AvgIpc) is 2.84. The van der Waals surface area contributed by atoms with Gasteiger partial charge in [0.1, 0.15) is 5.82 Å². The molecule has 2 aromatic rings. The first kappa shape index (κ1) is 22.9. The largest absolute Gasteiger partial charge is 0.504 e. The molecule has 7 nitrogen and oxygen atoms in total. The summed E-state index contributed by atoms with van der Waals surface area (Å²) in [5.41, 5.74) is 20.4. The summed E-state index contributed by atoms with van der Waals surface area (Å²) in [6, 6.07) is 8.83. The third kappa shape index (κ3) is 5.22. The lowest BCUT2D eigenvalue weighted by atomic mass is 9.94. The fraction of sp³-hybridized carbons (Fsp3) is 0.400. The maximum Gasteiger partial charge on any atom is 0.165 e. The number of hydrogen-bond acceptors (Lipinski definition) is 7. The highest BCUT2D eigenvalue weighted by molar-refractivity contribution is 5.84. The lowest BCUT2D eigenvalue weighted by Crippen LogP contribution is -2.50. The fourth-order valence-electron chi connectivity index (χ4n) is 4.84. The van der Waals surface area contributed by atoms with Gasteiger partial charge in [0.2, 0.25) is 0 Å². The second-order valence-electron chi connectivity index (χ2n) is 8.82. The van der Waals surface area contributed by atoms with Gasteiger partial charge in [-0.3, -0.25) is 9.88 Å². The fourth-order valence-corrected chi connectivity index (χ4v) is 4.84. The van der Waals surface area contributed by atoms with Crippen LogP contribution in [0.2, 0.25) is 0 Å². The van der Waals surface area contributed by atoms with Crippen LogP contribution in [0, 0.1) is 5.82 Å². The highest BCUT2D eigenvalue weighted by Crippen LogP contribution is 2.29. The predicted molar refractivity (Wildman–Crippen MR) is 130 cm³/mol. The summed E-state index contributed by atoms with van der Waals surface area (Å²) in [5.74, 6) is -1.22. The van der Waals surface area contributed by atoms with Crippen molar-refractivity contribution in [1.29, 1.82) is 0 Å². The van der Waals surface area contributed by atoms with Crippen LogP contribution in [0.5, 0.6) is 5.75 Å². The first-order valence-corrected chi connectivity index (χ1v) is 11.6. The number of hydrogen-bond donors (Lipinski definition) is 4. The molecule has 8 heteroatoms. The van der Waals surface area contributed by atoms with Crippen LogP contribution < -0.4 is 22.1 Å². The third-order valence-electron chi connectivity index (χ3n) is 6.70. The Balaban J connectivity index is 1.52. The Morgan fingerprint density at radius 3 is 2.45 bits per heavy atom. The van der Waals surface area contributed by atoms with Gasteiger partial charge in [-0.05, 0) is 43.2 Å². The van der Waals surface area contributed by atoms with Crippen LogP contribution in [0.3, 0.4) is 0 Å². The van der Waals surface area contributed by atoms with Crippen molar-refractivity contribution in [3.8, 4) is 5.75 Å². The number of rotatable bonds is 5. The Bertz CT molecular complexity index is 1030. The lowest BCUT2D eigenvalue weighted by Gasteiger charge is -2.41. The van der Waals surface area contributed by atoms with Gasteiger partial charge < -0.3 is 27.2 Å². The van der Waals surface area contributed by atoms with Gasteiger partial charge in [-0.1, -0.05) is 25.3 Å². The first-order valence-electron chi connectivity index (χ1n) is 11.6. The number of piperazine rings is 1. The number of nitrogens with two attached hydrogens (primary N) is 3. The lowest BCUT2D eigenvalue weighted by molar-refractivity contribution is 0.148. The topological polar surface area (TPSA) is 118 Å². The molecule has 176 valence electrons. The number of pyridine rings is 1. The molecule has 1 aromatic carbocycles. The molecule has 2 aliphatic rings. The van der Waals surface area contributed by atoms with E-state index in [9.17, 15) is 9.50 Å². The number of halogens is 1. The second kappa shape index (κ2) is 10.1. The maximum absolute atomic E-state index is 13.7. The van der Waals surface area contributed by atoms with Crippen LogP contribution in [0.25, 0.3) is 11.3 Å². The number of nitrogens with zero attached hydrogens (tertiary/aromatic N) is 3. The van der Waals surface area contributed by atoms with Gasteiger partial charge in [0.25, 0.3) is 0 Å². The van der Waals surface area contributed by atoms with Gasteiger partial charge in [-0.25, -0.2) is 4.39 Å². The highest BCUT2D eigenvalue weighted by Gasteiger charge is 2.25. The number of aromatic nitrogens is 1. The smallest absolute Gasteiger partial charge is 0.165 e. The summed E-state index contributed by atoms with van der Waals surface area (Å²) in [5, 5.41) is 10.0. The third-order valence-corrected chi connectivity index (χ3v) is 6.70. The molecule has 1 saturated carbocycles. The van der Waals surface area contributed by atoms with E-state index in [4.69, 9.17) is 17.2 Å². The molecular weight excluding hydrogens is 419 g/mol. The molecule has 1 aliphatic heterocycles. The van der Waals surface area contributed by atoms with Crippen LogP contribution in [0.4, 0.5) is 10.1 Å². The van der Waals surface area contributed by atoms with Crippen molar-refractivity contribution < 1.29 is 9.50 Å². The first-order chi connectivity index (χ1) is 15.9. The van der Waals surface area contributed by atoms with Gasteiger partial charge in [0.05, 0.1) is 5.69 Å². The molecule has 1 saturated heterocycles. The molecule has 0 amide bonds. The van der Waals surface area contributed by atoms with Crippen LogP contribution in [-0.2, 0) is 0 Å². The monoisotopic (exact) mass is 452 g/mol.